The number of imide groups is 1. The molecule has 1 aromatic heterocycles. The fraction of sp³-hybridized carbons (Fsp3) is 0. The lowest BCUT2D eigenvalue weighted by molar-refractivity contribution is -0.115. The Labute approximate surface area is 119 Å². The second-order valence-electron chi connectivity index (χ2n) is 4.36. The van der Waals surface area contributed by atoms with Crippen LogP contribution in [0.3, 0.4) is 0 Å². The van der Waals surface area contributed by atoms with Crippen LogP contribution in [0.15, 0.2) is 46.5 Å². The van der Waals surface area contributed by atoms with Crippen LogP contribution in [0.25, 0.3) is 17.4 Å². The van der Waals surface area contributed by atoms with E-state index in [9.17, 15) is 9.59 Å². The van der Waals surface area contributed by atoms with Crippen molar-refractivity contribution < 1.29 is 14.0 Å². The Bertz CT molecular complexity index is 794. The van der Waals surface area contributed by atoms with E-state index in [1.165, 1.54) is 6.08 Å². The number of furan rings is 1. The van der Waals surface area contributed by atoms with Crippen molar-refractivity contribution in [2.75, 3.05) is 0 Å². The molecule has 1 fully saturated rings. The zero-order valence-electron chi connectivity index (χ0n) is 10.7. The first kappa shape index (κ1) is 12.7. The van der Waals surface area contributed by atoms with Gasteiger partial charge in [0.2, 0.25) is 0 Å². The molecule has 2 heterocycles. The summed E-state index contributed by atoms with van der Waals surface area (Å²) in [4.78, 5) is 22.4. The van der Waals surface area contributed by atoms with E-state index in [1.54, 1.807) is 36.4 Å². The van der Waals surface area contributed by atoms with Crippen LogP contribution in [0, 0.1) is 11.3 Å². The summed E-state index contributed by atoms with van der Waals surface area (Å²) in [6.45, 7) is 0. The molecule has 6 heteroatoms. The lowest BCUT2D eigenvalue weighted by atomic mass is 10.1. The molecule has 21 heavy (non-hydrogen) atoms. The van der Waals surface area contributed by atoms with E-state index in [2.05, 4.69) is 10.6 Å². The second-order valence-corrected chi connectivity index (χ2v) is 4.36. The van der Waals surface area contributed by atoms with Crippen LogP contribution in [0.4, 0.5) is 4.79 Å². The third kappa shape index (κ3) is 2.53. The molecule has 2 aromatic rings. The van der Waals surface area contributed by atoms with Crippen molar-refractivity contribution in [2.24, 2.45) is 0 Å². The topological polar surface area (TPSA) is 95.1 Å². The van der Waals surface area contributed by atoms with Crippen molar-refractivity contribution in [3.63, 3.8) is 0 Å². The molecular formula is C15H9N3O3. The predicted molar refractivity (Wildman–Crippen MR) is 73.5 cm³/mol. The lowest BCUT2D eigenvalue weighted by Crippen LogP contribution is -2.22. The van der Waals surface area contributed by atoms with Gasteiger partial charge in [-0.1, -0.05) is 0 Å². The number of benzene rings is 1. The minimum Gasteiger partial charge on any atom is -0.457 e. The Morgan fingerprint density at radius 1 is 1.05 bits per heavy atom. The molecule has 1 aromatic carbocycles. The summed E-state index contributed by atoms with van der Waals surface area (Å²) in [5.41, 5.74) is 1.53. The number of nitrogens with zero attached hydrogens (tertiary/aromatic N) is 1. The van der Waals surface area contributed by atoms with Gasteiger partial charge in [-0.05, 0) is 36.4 Å². The Balaban J connectivity index is 1.86. The Kier molecular flexibility index (Phi) is 3.01. The number of carbonyl (C=O) groups excluding carboxylic acids is 2. The molecule has 3 amide bonds. The van der Waals surface area contributed by atoms with E-state index in [0.717, 1.165) is 5.56 Å². The molecule has 1 saturated heterocycles. The number of nitriles is 1. The molecule has 0 atom stereocenters. The summed E-state index contributed by atoms with van der Waals surface area (Å²) in [5, 5.41) is 13.2. The average Bonchev–Trinajstić information content (AvgIpc) is 3.07. The molecule has 0 aliphatic carbocycles. The lowest BCUT2D eigenvalue weighted by Gasteiger charge is -1.96. The summed E-state index contributed by atoms with van der Waals surface area (Å²) in [6, 6.07) is 11.9. The number of amides is 3. The molecule has 0 unspecified atom stereocenters. The van der Waals surface area contributed by atoms with E-state index in [1.807, 2.05) is 6.07 Å². The highest BCUT2D eigenvalue weighted by atomic mass is 16.3. The molecule has 1 aliphatic heterocycles. The highest BCUT2D eigenvalue weighted by Gasteiger charge is 2.23. The molecule has 1 aliphatic rings. The molecular weight excluding hydrogens is 270 g/mol. The number of nitrogens with one attached hydrogen (secondary N) is 2. The molecule has 0 bridgehead atoms. The summed E-state index contributed by atoms with van der Waals surface area (Å²) in [5.74, 6) is 0.564. The van der Waals surface area contributed by atoms with Crippen molar-refractivity contribution in [3.8, 4) is 17.4 Å². The smallest absolute Gasteiger partial charge is 0.326 e. The van der Waals surface area contributed by atoms with Crippen LogP contribution in [-0.4, -0.2) is 11.9 Å². The maximum absolute atomic E-state index is 11.4. The van der Waals surface area contributed by atoms with Gasteiger partial charge in [-0.2, -0.15) is 5.26 Å². The van der Waals surface area contributed by atoms with Gasteiger partial charge in [0.05, 0.1) is 11.6 Å². The molecule has 0 saturated carbocycles. The SMILES string of the molecule is N#Cc1ccc(-c2ccc(/C=C3\NC(=O)NC3=O)o2)cc1. The standard InChI is InChI=1S/C15H9N3O3/c16-8-9-1-3-10(4-2-9)13-6-5-11(21-13)7-12-14(19)18-15(20)17-12/h1-7H,(H2,17,18,19,20)/b12-7-. The van der Waals surface area contributed by atoms with Gasteiger partial charge in [-0.25, -0.2) is 4.79 Å². The van der Waals surface area contributed by atoms with E-state index in [0.29, 0.717) is 17.1 Å². The van der Waals surface area contributed by atoms with Crippen LogP contribution >= 0.6 is 0 Å². The van der Waals surface area contributed by atoms with Gasteiger partial charge >= 0.3 is 6.03 Å². The summed E-state index contributed by atoms with van der Waals surface area (Å²) < 4.78 is 5.60. The van der Waals surface area contributed by atoms with Crippen LogP contribution in [-0.2, 0) is 4.79 Å². The van der Waals surface area contributed by atoms with Gasteiger partial charge in [0.25, 0.3) is 5.91 Å². The van der Waals surface area contributed by atoms with Crippen molar-refractivity contribution in [1.29, 1.82) is 5.26 Å². The highest BCUT2D eigenvalue weighted by Crippen LogP contribution is 2.23. The van der Waals surface area contributed by atoms with Crippen LogP contribution in [0.1, 0.15) is 11.3 Å². The van der Waals surface area contributed by atoms with Crippen molar-refractivity contribution in [2.45, 2.75) is 0 Å². The quantitative estimate of drug-likeness (QED) is 0.649. The number of hydrogen-bond donors (Lipinski definition) is 2. The second kappa shape index (κ2) is 4.98. The molecule has 2 N–H and O–H groups in total. The first-order valence-corrected chi connectivity index (χ1v) is 6.10. The van der Waals surface area contributed by atoms with Gasteiger partial charge in [0, 0.05) is 11.6 Å². The predicted octanol–water partition coefficient (Wildman–Crippen LogP) is 2.00. The van der Waals surface area contributed by atoms with E-state index >= 15 is 0 Å². The third-order valence-electron chi connectivity index (χ3n) is 2.93. The van der Waals surface area contributed by atoms with E-state index in [4.69, 9.17) is 9.68 Å². The van der Waals surface area contributed by atoms with Crippen LogP contribution in [0.5, 0.6) is 0 Å². The zero-order chi connectivity index (χ0) is 14.8. The van der Waals surface area contributed by atoms with Crippen molar-refractivity contribution in [1.82, 2.24) is 10.6 Å². The molecule has 0 spiro atoms. The molecule has 6 nitrogen and oxygen atoms in total. The van der Waals surface area contributed by atoms with Gasteiger partial charge in [-0.15, -0.1) is 0 Å². The highest BCUT2D eigenvalue weighted by molar-refractivity contribution is 6.13. The van der Waals surface area contributed by atoms with Crippen LogP contribution in [0.2, 0.25) is 0 Å². The molecule has 3 rings (SSSR count). The summed E-state index contributed by atoms with van der Waals surface area (Å²) >= 11 is 0. The monoisotopic (exact) mass is 279 g/mol. The van der Waals surface area contributed by atoms with Gasteiger partial charge in [0.15, 0.2) is 0 Å². The Morgan fingerprint density at radius 2 is 1.81 bits per heavy atom. The van der Waals surface area contributed by atoms with Gasteiger partial charge in [-0.3, -0.25) is 10.1 Å². The van der Waals surface area contributed by atoms with Crippen LogP contribution < -0.4 is 10.6 Å². The fourth-order valence-electron chi connectivity index (χ4n) is 1.92. The number of carbonyl (C=O) groups is 2. The maximum atomic E-state index is 11.4. The molecule has 0 radical (unpaired) electrons. The largest absolute Gasteiger partial charge is 0.457 e. The summed E-state index contributed by atoms with van der Waals surface area (Å²) in [7, 11) is 0. The fourth-order valence-corrected chi connectivity index (χ4v) is 1.92. The van der Waals surface area contributed by atoms with E-state index in [-0.39, 0.29) is 5.70 Å². The first-order chi connectivity index (χ1) is 10.2. The summed E-state index contributed by atoms with van der Waals surface area (Å²) in [6.07, 6.45) is 1.45. The Hall–Kier alpha value is -3.33. The molecule has 102 valence electrons. The van der Waals surface area contributed by atoms with Gasteiger partial charge < -0.3 is 9.73 Å². The average molecular weight is 279 g/mol. The maximum Gasteiger partial charge on any atom is 0.326 e. The van der Waals surface area contributed by atoms with Gasteiger partial charge in [0.1, 0.15) is 17.2 Å². The first-order valence-electron chi connectivity index (χ1n) is 6.10. The zero-order valence-corrected chi connectivity index (χ0v) is 10.7. The number of urea groups is 1. The minimum atomic E-state index is -0.551. The Morgan fingerprint density at radius 3 is 2.43 bits per heavy atom. The van der Waals surface area contributed by atoms with E-state index < -0.39 is 11.9 Å². The minimum absolute atomic E-state index is 0.140. The normalized spacial score (nSPS) is 15.7. The number of hydrogen-bond acceptors (Lipinski definition) is 4. The number of rotatable bonds is 2. The van der Waals surface area contributed by atoms with Crippen molar-refractivity contribution >= 4 is 18.0 Å². The third-order valence-corrected chi connectivity index (χ3v) is 2.93. The van der Waals surface area contributed by atoms with Crippen molar-refractivity contribution in [3.05, 3.63) is 53.4 Å².